The van der Waals surface area contributed by atoms with Gasteiger partial charge in [0.1, 0.15) is 6.61 Å². The van der Waals surface area contributed by atoms with E-state index in [0.717, 1.165) is 30.8 Å². The van der Waals surface area contributed by atoms with Crippen LogP contribution in [0.2, 0.25) is 0 Å². The van der Waals surface area contributed by atoms with Gasteiger partial charge in [-0.05, 0) is 18.1 Å². The first kappa shape index (κ1) is 11.3. The quantitative estimate of drug-likeness (QED) is 0.863. The standard InChI is InChI=1S/C14H16N2O2/c17-14(18-10-11-4-2-1-3-5-11)16-9-7-12-13(16)6-8-15-12/h1-6,12,15H,7-10H2. The second-order valence-corrected chi connectivity index (χ2v) is 4.57. The Bertz CT molecular complexity index is 470. The second kappa shape index (κ2) is 4.82. The third-order valence-electron chi connectivity index (χ3n) is 3.41. The van der Waals surface area contributed by atoms with Gasteiger partial charge in [0.15, 0.2) is 0 Å². The maximum atomic E-state index is 12.0. The van der Waals surface area contributed by atoms with E-state index in [-0.39, 0.29) is 6.09 Å². The molecule has 1 aromatic rings. The molecule has 1 fully saturated rings. The number of nitrogens with zero attached hydrogens (tertiary/aromatic N) is 1. The van der Waals surface area contributed by atoms with Crippen molar-refractivity contribution in [3.63, 3.8) is 0 Å². The zero-order valence-corrected chi connectivity index (χ0v) is 10.1. The molecule has 0 spiro atoms. The molecule has 2 aliphatic heterocycles. The average molecular weight is 244 g/mol. The van der Waals surface area contributed by atoms with Gasteiger partial charge in [-0.2, -0.15) is 0 Å². The van der Waals surface area contributed by atoms with E-state index in [2.05, 4.69) is 11.4 Å². The van der Waals surface area contributed by atoms with Gasteiger partial charge in [0.25, 0.3) is 0 Å². The molecule has 1 amide bonds. The summed E-state index contributed by atoms with van der Waals surface area (Å²) >= 11 is 0. The summed E-state index contributed by atoms with van der Waals surface area (Å²) < 4.78 is 5.34. The van der Waals surface area contributed by atoms with Crippen molar-refractivity contribution < 1.29 is 9.53 Å². The lowest BCUT2D eigenvalue weighted by Crippen LogP contribution is -2.29. The van der Waals surface area contributed by atoms with Gasteiger partial charge in [-0.25, -0.2) is 4.79 Å². The lowest BCUT2D eigenvalue weighted by atomic mass is 10.2. The van der Waals surface area contributed by atoms with Crippen molar-refractivity contribution in [2.24, 2.45) is 0 Å². The van der Waals surface area contributed by atoms with Crippen molar-refractivity contribution in [2.45, 2.75) is 19.1 Å². The van der Waals surface area contributed by atoms with E-state index < -0.39 is 0 Å². The van der Waals surface area contributed by atoms with Crippen LogP contribution in [0, 0.1) is 0 Å². The van der Waals surface area contributed by atoms with Crippen molar-refractivity contribution in [3.8, 4) is 0 Å². The monoisotopic (exact) mass is 244 g/mol. The van der Waals surface area contributed by atoms with E-state index in [1.165, 1.54) is 0 Å². The number of hydrogen-bond acceptors (Lipinski definition) is 3. The van der Waals surface area contributed by atoms with Crippen molar-refractivity contribution >= 4 is 6.09 Å². The van der Waals surface area contributed by atoms with Crippen LogP contribution in [-0.4, -0.2) is 30.1 Å². The minimum absolute atomic E-state index is 0.240. The van der Waals surface area contributed by atoms with E-state index in [0.29, 0.717) is 12.6 Å². The van der Waals surface area contributed by atoms with E-state index in [1.54, 1.807) is 4.90 Å². The Morgan fingerprint density at radius 1 is 1.39 bits per heavy atom. The van der Waals surface area contributed by atoms with Gasteiger partial charge in [0.05, 0.1) is 0 Å². The number of rotatable bonds is 2. The van der Waals surface area contributed by atoms with Crippen LogP contribution in [0.5, 0.6) is 0 Å². The Morgan fingerprint density at radius 2 is 2.22 bits per heavy atom. The molecule has 0 bridgehead atoms. The molecule has 4 heteroatoms. The predicted molar refractivity (Wildman–Crippen MR) is 67.8 cm³/mol. The Balaban J connectivity index is 1.59. The molecule has 0 saturated carbocycles. The molecule has 2 aliphatic rings. The van der Waals surface area contributed by atoms with Gasteiger partial charge in [0.2, 0.25) is 0 Å². The third kappa shape index (κ3) is 2.11. The van der Waals surface area contributed by atoms with Crippen LogP contribution in [0.4, 0.5) is 4.79 Å². The number of ether oxygens (including phenoxy) is 1. The molecule has 94 valence electrons. The summed E-state index contributed by atoms with van der Waals surface area (Å²) in [4.78, 5) is 13.7. The van der Waals surface area contributed by atoms with Crippen molar-refractivity contribution in [3.05, 3.63) is 47.7 Å². The number of benzene rings is 1. The molecule has 1 atom stereocenters. The maximum absolute atomic E-state index is 12.0. The first-order valence-corrected chi connectivity index (χ1v) is 6.26. The van der Waals surface area contributed by atoms with Gasteiger partial charge in [-0.3, -0.25) is 4.90 Å². The number of nitrogens with one attached hydrogen (secondary N) is 1. The zero-order valence-electron chi connectivity index (χ0n) is 10.1. The largest absolute Gasteiger partial charge is 0.444 e. The van der Waals surface area contributed by atoms with Crippen LogP contribution in [0.3, 0.4) is 0 Å². The Hall–Kier alpha value is -1.81. The van der Waals surface area contributed by atoms with Crippen LogP contribution in [0.1, 0.15) is 12.0 Å². The lowest BCUT2D eigenvalue weighted by Gasteiger charge is -2.17. The highest BCUT2D eigenvalue weighted by Gasteiger charge is 2.34. The molecule has 1 unspecified atom stereocenters. The van der Waals surface area contributed by atoms with Gasteiger partial charge in [0, 0.05) is 24.8 Å². The van der Waals surface area contributed by atoms with E-state index in [1.807, 2.05) is 30.3 Å². The van der Waals surface area contributed by atoms with Crippen LogP contribution in [-0.2, 0) is 11.3 Å². The summed E-state index contributed by atoms with van der Waals surface area (Å²) in [6.07, 6.45) is 2.81. The van der Waals surface area contributed by atoms with Crippen LogP contribution >= 0.6 is 0 Å². The summed E-state index contributed by atoms with van der Waals surface area (Å²) in [5.74, 6) is 0. The minimum atomic E-state index is -0.240. The number of carbonyl (C=O) groups excluding carboxylic acids is 1. The first-order chi connectivity index (χ1) is 8.84. The highest BCUT2D eigenvalue weighted by molar-refractivity contribution is 5.71. The maximum Gasteiger partial charge on any atom is 0.414 e. The summed E-state index contributed by atoms with van der Waals surface area (Å²) in [6, 6.07) is 10.1. The normalized spacial score (nSPS) is 21.7. The smallest absolute Gasteiger partial charge is 0.414 e. The van der Waals surface area contributed by atoms with Gasteiger partial charge < -0.3 is 10.1 Å². The Morgan fingerprint density at radius 3 is 3.06 bits per heavy atom. The number of fused-ring (bicyclic) bond motifs is 1. The first-order valence-electron chi connectivity index (χ1n) is 6.26. The summed E-state index contributed by atoms with van der Waals surface area (Å²) in [5.41, 5.74) is 2.09. The number of hydrogen-bond donors (Lipinski definition) is 1. The zero-order chi connectivity index (χ0) is 12.4. The highest BCUT2D eigenvalue weighted by Crippen LogP contribution is 2.25. The second-order valence-electron chi connectivity index (χ2n) is 4.57. The molecule has 18 heavy (non-hydrogen) atoms. The summed E-state index contributed by atoms with van der Waals surface area (Å²) in [7, 11) is 0. The highest BCUT2D eigenvalue weighted by atomic mass is 16.6. The molecule has 1 saturated heterocycles. The molecule has 0 aromatic heterocycles. The Kier molecular flexibility index (Phi) is 3.02. The summed E-state index contributed by atoms with van der Waals surface area (Å²) in [6.45, 7) is 1.93. The minimum Gasteiger partial charge on any atom is -0.444 e. The van der Waals surface area contributed by atoms with Gasteiger partial charge in [-0.1, -0.05) is 30.3 Å². The molecule has 3 rings (SSSR count). The van der Waals surface area contributed by atoms with Gasteiger partial charge in [-0.15, -0.1) is 0 Å². The number of likely N-dealkylation sites (tertiary alicyclic amines) is 1. The van der Waals surface area contributed by atoms with E-state index >= 15 is 0 Å². The topological polar surface area (TPSA) is 41.6 Å². The van der Waals surface area contributed by atoms with Crippen molar-refractivity contribution in [1.29, 1.82) is 0 Å². The molecule has 0 radical (unpaired) electrons. The number of amides is 1. The van der Waals surface area contributed by atoms with Crippen LogP contribution in [0.25, 0.3) is 0 Å². The fourth-order valence-corrected chi connectivity index (χ4v) is 2.48. The Labute approximate surface area is 106 Å². The SMILES string of the molecule is O=C(OCc1ccccc1)N1CCC2NCC=C21. The molecule has 1 aromatic carbocycles. The van der Waals surface area contributed by atoms with Gasteiger partial charge >= 0.3 is 6.09 Å². The molecule has 4 nitrogen and oxygen atoms in total. The van der Waals surface area contributed by atoms with Crippen LogP contribution < -0.4 is 5.32 Å². The average Bonchev–Trinajstić information content (AvgIpc) is 2.99. The number of carbonyl (C=O) groups is 1. The molecular formula is C14H16N2O2. The van der Waals surface area contributed by atoms with Crippen molar-refractivity contribution in [2.75, 3.05) is 13.1 Å². The van der Waals surface area contributed by atoms with E-state index in [4.69, 9.17) is 4.74 Å². The van der Waals surface area contributed by atoms with E-state index in [9.17, 15) is 4.79 Å². The van der Waals surface area contributed by atoms with Crippen LogP contribution in [0.15, 0.2) is 42.1 Å². The molecular weight excluding hydrogens is 228 g/mol. The fraction of sp³-hybridized carbons (Fsp3) is 0.357. The molecule has 2 heterocycles. The fourth-order valence-electron chi connectivity index (χ4n) is 2.48. The third-order valence-corrected chi connectivity index (χ3v) is 3.41. The molecule has 0 aliphatic carbocycles. The predicted octanol–water partition coefficient (Wildman–Crippen LogP) is 1.88. The summed E-state index contributed by atoms with van der Waals surface area (Å²) in [5, 5.41) is 3.34. The van der Waals surface area contributed by atoms with Crippen molar-refractivity contribution in [1.82, 2.24) is 10.2 Å². The lowest BCUT2D eigenvalue weighted by molar-refractivity contribution is 0.111. The molecule has 1 N–H and O–H groups in total.